The molecule has 1 aliphatic rings. The molecule has 0 radical (unpaired) electrons. The van der Waals surface area contributed by atoms with E-state index in [1.165, 1.54) is 6.08 Å². The fraction of sp³-hybridized carbons (Fsp3) is 0.214. The number of carbonyl (C=O) groups is 3. The Morgan fingerprint density at radius 1 is 1.28 bits per heavy atom. The maximum atomic E-state index is 12.1. The number of benzene rings is 1. The summed E-state index contributed by atoms with van der Waals surface area (Å²) in [6.07, 6.45) is 2.86. The number of carbonyl (C=O) groups excluding carboxylic acids is 2. The zero-order valence-corrected chi connectivity index (χ0v) is 9.63. The van der Waals surface area contributed by atoms with Gasteiger partial charge in [-0.1, -0.05) is 30.3 Å². The third-order valence-corrected chi connectivity index (χ3v) is 2.98. The van der Waals surface area contributed by atoms with E-state index < -0.39 is 11.9 Å². The first-order chi connectivity index (χ1) is 8.59. The van der Waals surface area contributed by atoms with E-state index in [4.69, 9.17) is 5.11 Å². The number of hydrogen-bond donors (Lipinski definition) is 1. The molecule has 92 valence electrons. The number of carboxylic acid groups (broad SMARTS) is 1. The van der Waals surface area contributed by atoms with Gasteiger partial charge >= 0.3 is 5.97 Å². The Bertz CT molecular complexity index is 542. The molecule has 1 aliphatic carbocycles. The van der Waals surface area contributed by atoms with Crippen molar-refractivity contribution in [3.05, 3.63) is 47.5 Å². The molecular formula is C14H12O4. The zero-order chi connectivity index (χ0) is 13.1. The van der Waals surface area contributed by atoms with E-state index >= 15 is 0 Å². The average Bonchev–Trinajstić information content (AvgIpc) is 2.35. The summed E-state index contributed by atoms with van der Waals surface area (Å²) in [5, 5.41) is 8.48. The highest BCUT2D eigenvalue weighted by Crippen LogP contribution is 2.27. The van der Waals surface area contributed by atoms with Crippen molar-refractivity contribution in [2.45, 2.75) is 12.8 Å². The van der Waals surface area contributed by atoms with E-state index in [1.807, 2.05) is 0 Å². The van der Waals surface area contributed by atoms with Gasteiger partial charge in [0.1, 0.15) is 0 Å². The summed E-state index contributed by atoms with van der Waals surface area (Å²) >= 11 is 0. The summed E-state index contributed by atoms with van der Waals surface area (Å²) in [5.74, 6) is -1.63. The summed E-state index contributed by atoms with van der Waals surface area (Å²) in [6, 6.07) is 6.75. The summed E-state index contributed by atoms with van der Waals surface area (Å²) < 4.78 is 0. The van der Waals surface area contributed by atoms with Crippen LogP contribution in [0.2, 0.25) is 0 Å². The monoisotopic (exact) mass is 244 g/mol. The molecule has 0 amide bonds. The Balaban J connectivity index is 2.21. The van der Waals surface area contributed by atoms with E-state index in [0.29, 0.717) is 11.1 Å². The molecule has 0 fully saturated rings. The van der Waals surface area contributed by atoms with Gasteiger partial charge in [0.15, 0.2) is 11.6 Å². The summed E-state index contributed by atoms with van der Waals surface area (Å²) in [7, 11) is 0. The largest absolute Gasteiger partial charge is 0.478 e. The Morgan fingerprint density at radius 2 is 1.94 bits per heavy atom. The number of hydrogen-bond acceptors (Lipinski definition) is 3. The molecule has 2 rings (SSSR count). The van der Waals surface area contributed by atoms with Crippen LogP contribution in [0, 0.1) is 5.92 Å². The first-order valence-corrected chi connectivity index (χ1v) is 5.65. The molecular weight excluding hydrogens is 232 g/mol. The summed E-state index contributed by atoms with van der Waals surface area (Å²) in [4.78, 5) is 34.3. The molecule has 0 aromatic heterocycles. The average molecular weight is 244 g/mol. The lowest BCUT2D eigenvalue weighted by molar-refractivity contribution is -0.131. The third-order valence-electron chi connectivity index (χ3n) is 2.98. The highest BCUT2D eigenvalue weighted by atomic mass is 16.4. The SMILES string of the molecule is O=C(O)/C=C/CC1CC(=O)c2ccccc2C1=O. The third kappa shape index (κ3) is 2.37. The van der Waals surface area contributed by atoms with Crippen LogP contribution in [0.5, 0.6) is 0 Å². The van der Waals surface area contributed by atoms with E-state index in [1.54, 1.807) is 24.3 Å². The highest BCUT2D eigenvalue weighted by Gasteiger charge is 2.31. The fourth-order valence-corrected chi connectivity index (χ4v) is 2.11. The highest BCUT2D eigenvalue weighted by molar-refractivity contribution is 6.14. The molecule has 1 atom stereocenters. The Kier molecular flexibility index (Phi) is 3.37. The second-order valence-electron chi connectivity index (χ2n) is 4.21. The topological polar surface area (TPSA) is 71.4 Å². The predicted molar refractivity (Wildman–Crippen MR) is 64.6 cm³/mol. The maximum absolute atomic E-state index is 12.1. The van der Waals surface area contributed by atoms with Crippen LogP contribution in [0.1, 0.15) is 33.6 Å². The van der Waals surface area contributed by atoms with Gasteiger partial charge in [-0.25, -0.2) is 4.79 Å². The van der Waals surface area contributed by atoms with Crippen molar-refractivity contribution in [2.24, 2.45) is 5.92 Å². The molecule has 4 heteroatoms. The predicted octanol–water partition coefficient (Wildman–Crippen LogP) is 2.10. The van der Waals surface area contributed by atoms with E-state index in [0.717, 1.165) is 6.08 Å². The standard InChI is InChI=1S/C14H12O4/c15-12-8-9(4-3-7-13(16)17)14(18)11-6-2-1-5-10(11)12/h1-3,5-7,9H,4,8H2,(H,16,17)/b7-3+. The molecule has 18 heavy (non-hydrogen) atoms. The van der Waals surface area contributed by atoms with E-state index in [2.05, 4.69) is 0 Å². The van der Waals surface area contributed by atoms with Crippen molar-refractivity contribution < 1.29 is 19.5 Å². The molecule has 1 aromatic rings. The molecule has 0 heterocycles. The molecule has 0 bridgehead atoms. The first kappa shape index (κ1) is 12.2. The molecule has 0 saturated carbocycles. The lowest BCUT2D eigenvalue weighted by atomic mass is 9.80. The number of fused-ring (bicyclic) bond motifs is 1. The van der Waals surface area contributed by atoms with Gasteiger partial charge in [-0.15, -0.1) is 0 Å². The van der Waals surface area contributed by atoms with Gasteiger partial charge in [-0.2, -0.15) is 0 Å². The van der Waals surface area contributed by atoms with Gasteiger partial charge in [0.25, 0.3) is 0 Å². The number of allylic oxidation sites excluding steroid dienone is 1. The number of ketones is 2. The van der Waals surface area contributed by atoms with Crippen molar-refractivity contribution >= 4 is 17.5 Å². The van der Waals surface area contributed by atoms with Gasteiger partial charge < -0.3 is 5.11 Å². The van der Waals surface area contributed by atoms with Crippen LogP contribution in [0.3, 0.4) is 0 Å². The van der Waals surface area contributed by atoms with Crippen LogP contribution in [-0.4, -0.2) is 22.6 Å². The van der Waals surface area contributed by atoms with Gasteiger partial charge in [-0.3, -0.25) is 9.59 Å². The lowest BCUT2D eigenvalue weighted by Gasteiger charge is -2.20. The normalized spacial score (nSPS) is 19.0. The summed E-state index contributed by atoms with van der Waals surface area (Å²) in [6.45, 7) is 0. The lowest BCUT2D eigenvalue weighted by Crippen LogP contribution is -2.26. The minimum absolute atomic E-state index is 0.0566. The van der Waals surface area contributed by atoms with Gasteiger partial charge in [0.2, 0.25) is 0 Å². The molecule has 1 N–H and O–H groups in total. The summed E-state index contributed by atoms with van der Waals surface area (Å²) in [5.41, 5.74) is 0.920. The number of Topliss-reactive ketones (excluding diaryl/α,β-unsaturated/α-hetero) is 2. The van der Waals surface area contributed by atoms with Crippen LogP contribution in [0.15, 0.2) is 36.4 Å². The van der Waals surface area contributed by atoms with Crippen molar-refractivity contribution in [1.29, 1.82) is 0 Å². The first-order valence-electron chi connectivity index (χ1n) is 5.65. The van der Waals surface area contributed by atoms with Crippen LogP contribution < -0.4 is 0 Å². The minimum atomic E-state index is -1.05. The molecule has 0 aliphatic heterocycles. The Morgan fingerprint density at radius 3 is 2.61 bits per heavy atom. The molecule has 0 spiro atoms. The maximum Gasteiger partial charge on any atom is 0.327 e. The van der Waals surface area contributed by atoms with Gasteiger partial charge in [0.05, 0.1) is 0 Å². The van der Waals surface area contributed by atoms with Crippen molar-refractivity contribution in [1.82, 2.24) is 0 Å². The van der Waals surface area contributed by atoms with Crippen LogP contribution >= 0.6 is 0 Å². The molecule has 1 aromatic carbocycles. The number of carboxylic acids is 1. The smallest absolute Gasteiger partial charge is 0.327 e. The van der Waals surface area contributed by atoms with Gasteiger partial charge in [0, 0.05) is 29.5 Å². The number of rotatable bonds is 3. The second kappa shape index (κ2) is 4.96. The van der Waals surface area contributed by atoms with Crippen LogP contribution in [0.4, 0.5) is 0 Å². The molecule has 0 saturated heterocycles. The van der Waals surface area contributed by atoms with Gasteiger partial charge in [-0.05, 0) is 6.42 Å². The van der Waals surface area contributed by atoms with Crippen molar-refractivity contribution in [3.8, 4) is 0 Å². The Hall–Kier alpha value is -2.23. The minimum Gasteiger partial charge on any atom is -0.478 e. The van der Waals surface area contributed by atoms with Crippen LogP contribution in [0.25, 0.3) is 0 Å². The number of aliphatic carboxylic acids is 1. The molecule has 1 unspecified atom stereocenters. The van der Waals surface area contributed by atoms with Crippen molar-refractivity contribution in [3.63, 3.8) is 0 Å². The quantitative estimate of drug-likeness (QED) is 0.826. The van der Waals surface area contributed by atoms with E-state index in [-0.39, 0.29) is 24.4 Å². The van der Waals surface area contributed by atoms with Crippen molar-refractivity contribution in [2.75, 3.05) is 0 Å². The van der Waals surface area contributed by atoms with Crippen LogP contribution in [-0.2, 0) is 4.79 Å². The zero-order valence-electron chi connectivity index (χ0n) is 9.63. The fourth-order valence-electron chi connectivity index (χ4n) is 2.11. The molecule has 4 nitrogen and oxygen atoms in total. The second-order valence-corrected chi connectivity index (χ2v) is 4.21. The Labute approximate surface area is 104 Å². The van der Waals surface area contributed by atoms with E-state index in [9.17, 15) is 14.4 Å².